The van der Waals surface area contributed by atoms with Gasteiger partial charge in [-0.2, -0.15) is 0 Å². The number of allylic oxidation sites excluding steroid dienone is 1. The molecule has 2 atom stereocenters. The zero-order valence-corrected chi connectivity index (χ0v) is 19.4. The molecule has 0 aromatic heterocycles. The fourth-order valence-corrected chi connectivity index (χ4v) is 4.82. The van der Waals surface area contributed by atoms with Crippen LogP contribution in [0.15, 0.2) is 84.1 Å². The number of nitrogens with one attached hydrogen (secondary N) is 2. The van der Waals surface area contributed by atoms with Crippen LogP contribution < -0.4 is 15.4 Å². The SMILES string of the molecule is CCCOc1ccc(C2CC(=O)C3=C(C2)Nc2ccccc2NC3c2ccc(Cl)cc2)cc1. The van der Waals surface area contributed by atoms with Crippen molar-refractivity contribution in [3.05, 3.63) is 100 Å². The van der Waals surface area contributed by atoms with Gasteiger partial charge in [-0.05, 0) is 66.3 Å². The number of anilines is 2. The fourth-order valence-electron chi connectivity index (χ4n) is 4.69. The molecule has 2 N–H and O–H groups in total. The summed E-state index contributed by atoms with van der Waals surface area (Å²) in [7, 11) is 0. The third-order valence-electron chi connectivity index (χ3n) is 6.34. The van der Waals surface area contributed by atoms with E-state index >= 15 is 0 Å². The van der Waals surface area contributed by atoms with Gasteiger partial charge in [-0.25, -0.2) is 0 Å². The number of ether oxygens (including phenoxy) is 1. The van der Waals surface area contributed by atoms with Gasteiger partial charge in [0.1, 0.15) is 5.75 Å². The number of benzene rings is 3. The number of para-hydroxylation sites is 2. The van der Waals surface area contributed by atoms with Crippen molar-refractivity contribution in [1.82, 2.24) is 0 Å². The molecule has 0 saturated carbocycles. The molecule has 0 amide bonds. The largest absolute Gasteiger partial charge is 0.494 e. The number of hydrogen-bond acceptors (Lipinski definition) is 4. The summed E-state index contributed by atoms with van der Waals surface area (Å²) in [5.41, 5.74) is 5.95. The second-order valence-corrected chi connectivity index (χ2v) is 9.07. The highest BCUT2D eigenvalue weighted by atomic mass is 35.5. The van der Waals surface area contributed by atoms with Crippen LogP contribution in [0.25, 0.3) is 0 Å². The molecule has 2 aliphatic rings. The first-order chi connectivity index (χ1) is 16.1. The maximum atomic E-state index is 13.6. The van der Waals surface area contributed by atoms with Crippen LogP contribution in [-0.2, 0) is 4.79 Å². The van der Waals surface area contributed by atoms with Gasteiger partial charge in [0.25, 0.3) is 0 Å². The third-order valence-corrected chi connectivity index (χ3v) is 6.59. The molecule has 0 saturated heterocycles. The number of carbonyl (C=O) groups excluding carboxylic acids is 1. The van der Waals surface area contributed by atoms with Crippen molar-refractivity contribution < 1.29 is 9.53 Å². The van der Waals surface area contributed by atoms with E-state index in [0.29, 0.717) is 18.1 Å². The number of Topliss-reactive ketones (excluding diaryl/α,β-unsaturated/α-hetero) is 1. The summed E-state index contributed by atoms with van der Waals surface area (Å²) in [6, 6.07) is 23.8. The van der Waals surface area contributed by atoms with Crippen molar-refractivity contribution in [3.8, 4) is 5.75 Å². The summed E-state index contributed by atoms with van der Waals surface area (Å²) in [6.07, 6.45) is 2.24. The Morgan fingerprint density at radius 1 is 0.909 bits per heavy atom. The Kier molecular flexibility index (Phi) is 6.10. The number of halogens is 1. The van der Waals surface area contributed by atoms with E-state index in [-0.39, 0.29) is 17.7 Å². The first kappa shape index (κ1) is 21.6. The minimum Gasteiger partial charge on any atom is -0.494 e. The lowest BCUT2D eigenvalue weighted by molar-refractivity contribution is -0.116. The Morgan fingerprint density at radius 3 is 2.33 bits per heavy atom. The van der Waals surface area contributed by atoms with Gasteiger partial charge in [0.15, 0.2) is 5.78 Å². The quantitative estimate of drug-likeness (QED) is 0.427. The van der Waals surface area contributed by atoms with Crippen molar-refractivity contribution in [3.63, 3.8) is 0 Å². The summed E-state index contributed by atoms with van der Waals surface area (Å²) in [5, 5.41) is 7.88. The van der Waals surface area contributed by atoms with Crippen LogP contribution in [-0.4, -0.2) is 12.4 Å². The standard InChI is InChI=1S/C28H27ClN2O2/c1-2-15-33-22-13-9-18(10-14-22)20-16-25-27(26(32)17-20)28(19-7-11-21(29)12-8-19)31-24-6-4-3-5-23(24)30-25/h3-14,20,28,30-31H,2,15-17H2,1H3. The summed E-state index contributed by atoms with van der Waals surface area (Å²) < 4.78 is 5.73. The van der Waals surface area contributed by atoms with E-state index in [1.54, 1.807) is 0 Å². The molecule has 5 rings (SSSR count). The third kappa shape index (κ3) is 4.49. The van der Waals surface area contributed by atoms with Crippen LogP contribution in [0.5, 0.6) is 5.75 Å². The second kappa shape index (κ2) is 9.32. The normalized spacial score (nSPS) is 19.6. The van der Waals surface area contributed by atoms with Crippen LogP contribution in [0.2, 0.25) is 5.02 Å². The van der Waals surface area contributed by atoms with Crippen molar-refractivity contribution in [2.45, 2.75) is 38.1 Å². The molecule has 3 aromatic carbocycles. The molecular weight excluding hydrogens is 432 g/mol. The Hall–Kier alpha value is -3.24. The number of ketones is 1. The van der Waals surface area contributed by atoms with Crippen molar-refractivity contribution in [2.75, 3.05) is 17.2 Å². The molecule has 1 aliphatic heterocycles. The van der Waals surface area contributed by atoms with Gasteiger partial charge in [0.05, 0.1) is 24.0 Å². The van der Waals surface area contributed by atoms with E-state index in [4.69, 9.17) is 16.3 Å². The second-order valence-electron chi connectivity index (χ2n) is 8.64. The number of rotatable bonds is 5. The van der Waals surface area contributed by atoms with Crippen molar-refractivity contribution >= 4 is 28.8 Å². The van der Waals surface area contributed by atoms with Crippen molar-refractivity contribution in [2.24, 2.45) is 0 Å². The van der Waals surface area contributed by atoms with Crippen LogP contribution in [0, 0.1) is 0 Å². The minimum atomic E-state index is -0.230. The van der Waals surface area contributed by atoms with Crippen LogP contribution in [0.1, 0.15) is 49.3 Å². The smallest absolute Gasteiger partial charge is 0.163 e. The van der Waals surface area contributed by atoms with Gasteiger partial charge in [0, 0.05) is 22.7 Å². The first-order valence-corrected chi connectivity index (χ1v) is 11.9. The molecule has 0 radical (unpaired) electrons. The molecule has 3 aromatic rings. The summed E-state index contributed by atoms with van der Waals surface area (Å²) in [5.74, 6) is 1.16. The minimum absolute atomic E-state index is 0.125. The first-order valence-electron chi connectivity index (χ1n) is 11.5. The molecule has 5 heteroatoms. The maximum absolute atomic E-state index is 13.6. The predicted molar refractivity (Wildman–Crippen MR) is 134 cm³/mol. The van der Waals surface area contributed by atoms with Gasteiger partial charge >= 0.3 is 0 Å². The Morgan fingerprint density at radius 2 is 1.61 bits per heavy atom. The maximum Gasteiger partial charge on any atom is 0.163 e. The van der Waals surface area contributed by atoms with Crippen LogP contribution in [0.4, 0.5) is 11.4 Å². The Balaban J connectivity index is 1.50. The lowest BCUT2D eigenvalue weighted by atomic mass is 9.78. The monoisotopic (exact) mass is 458 g/mol. The Bertz CT molecular complexity index is 1190. The number of fused-ring (bicyclic) bond motifs is 1. The fraction of sp³-hybridized carbons (Fsp3) is 0.250. The highest BCUT2D eigenvalue weighted by molar-refractivity contribution is 6.30. The molecule has 1 heterocycles. The van der Waals surface area contributed by atoms with E-state index in [1.807, 2.05) is 60.7 Å². The summed E-state index contributed by atoms with van der Waals surface area (Å²) in [4.78, 5) is 13.6. The molecular formula is C28H27ClN2O2. The number of hydrogen-bond donors (Lipinski definition) is 2. The summed E-state index contributed by atoms with van der Waals surface area (Å²) in [6.45, 7) is 2.80. The Labute approximate surface area is 199 Å². The van der Waals surface area contributed by atoms with Crippen LogP contribution >= 0.6 is 11.6 Å². The molecule has 2 unspecified atom stereocenters. The molecule has 0 spiro atoms. The van der Waals surface area contributed by atoms with Crippen molar-refractivity contribution in [1.29, 1.82) is 0 Å². The molecule has 0 bridgehead atoms. The highest BCUT2D eigenvalue weighted by Gasteiger charge is 2.36. The van der Waals surface area contributed by atoms with Gasteiger partial charge in [-0.1, -0.05) is 54.9 Å². The van der Waals surface area contributed by atoms with Gasteiger partial charge in [0.2, 0.25) is 0 Å². The summed E-state index contributed by atoms with van der Waals surface area (Å²) >= 11 is 6.14. The lowest BCUT2D eigenvalue weighted by Crippen LogP contribution is -2.26. The van der Waals surface area contributed by atoms with E-state index < -0.39 is 0 Å². The van der Waals surface area contributed by atoms with E-state index in [0.717, 1.165) is 52.4 Å². The molecule has 1 aliphatic carbocycles. The van der Waals surface area contributed by atoms with Gasteiger partial charge in [-0.3, -0.25) is 4.79 Å². The van der Waals surface area contributed by atoms with E-state index in [1.165, 1.54) is 0 Å². The lowest BCUT2D eigenvalue weighted by Gasteiger charge is -2.30. The predicted octanol–water partition coefficient (Wildman–Crippen LogP) is 7.11. The average Bonchev–Trinajstić information content (AvgIpc) is 3.00. The highest BCUT2D eigenvalue weighted by Crippen LogP contribution is 2.44. The molecule has 33 heavy (non-hydrogen) atoms. The molecule has 168 valence electrons. The number of carbonyl (C=O) groups is 1. The molecule has 4 nitrogen and oxygen atoms in total. The van der Waals surface area contributed by atoms with Crippen LogP contribution in [0.3, 0.4) is 0 Å². The molecule has 0 fully saturated rings. The van der Waals surface area contributed by atoms with Gasteiger partial charge in [-0.15, -0.1) is 0 Å². The average molecular weight is 459 g/mol. The topological polar surface area (TPSA) is 50.4 Å². The zero-order valence-electron chi connectivity index (χ0n) is 18.6. The van der Waals surface area contributed by atoms with E-state index in [2.05, 4.69) is 29.7 Å². The van der Waals surface area contributed by atoms with E-state index in [9.17, 15) is 4.79 Å². The van der Waals surface area contributed by atoms with Gasteiger partial charge < -0.3 is 15.4 Å². The zero-order chi connectivity index (χ0) is 22.8.